The lowest BCUT2D eigenvalue weighted by atomic mass is 9.81. The van der Waals surface area contributed by atoms with Crippen LogP contribution < -0.4 is 0 Å². The average molecular weight is 649 g/mol. The van der Waals surface area contributed by atoms with E-state index in [1.807, 2.05) is 0 Å². The number of fused-ring (bicyclic) bond motifs is 6. The van der Waals surface area contributed by atoms with Gasteiger partial charge in [-0.05, 0) is 117 Å². The molecule has 0 unspecified atom stereocenters. The van der Waals surface area contributed by atoms with E-state index in [-0.39, 0.29) is 5.41 Å². The smallest absolute Gasteiger partial charge is 0.0159 e. The van der Waals surface area contributed by atoms with Gasteiger partial charge in [0.1, 0.15) is 0 Å². The van der Waals surface area contributed by atoms with Crippen LogP contribution in [-0.4, -0.2) is 0 Å². The molecule has 0 amide bonds. The molecule has 9 aromatic carbocycles. The Morgan fingerprint density at radius 3 is 1.59 bits per heavy atom. The standard InChI is InChI=1S/C51H36/c1-51(2)47-25-11-10-19-39(47)40-29-28-37(32-48(40)51)35-17-12-18-38(30-35)49-41-20-6-8-22-43(41)50(44-23-9-7-21-42(44)49)45-24-13-16-34-26-27-36(31-46(34)45)33-14-4-3-5-15-33/h3-32H,1-2H3. The van der Waals surface area contributed by atoms with Crippen molar-refractivity contribution in [3.05, 3.63) is 193 Å². The van der Waals surface area contributed by atoms with Gasteiger partial charge in [0, 0.05) is 5.41 Å². The first-order valence-electron chi connectivity index (χ1n) is 17.9. The number of hydrogen-bond acceptors (Lipinski definition) is 0. The fourth-order valence-corrected chi connectivity index (χ4v) is 8.77. The Labute approximate surface area is 299 Å². The first kappa shape index (κ1) is 29.7. The van der Waals surface area contributed by atoms with E-state index in [0.29, 0.717) is 0 Å². The maximum atomic E-state index is 2.43. The molecule has 51 heavy (non-hydrogen) atoms. The molecular formula is C51H36. The van der Waals surface area contributed by atoms with E-state index in [2.05, 4.69) is 196 Å². The highest BCUT2D eigenvalue weighted by Gasteiger charge is 2.35. The number of hydrogen-bond donors (Lipinski definition) is 0. The van der Waals surface area contributed by atoms with Gasteiger partial charge in [0.25, 0.3) is 0 Å². The Hall–Kier alpha value is -6.24. The van der Waals surface area contributed by atoms with Crippen LogP contribution in [0.15, 0.2) is 182 Å². The lowest BCUT2D eigenvalue weighted by Crippen LogP contribution is -2.14. The van der Waals surface area contributed by atoms with Gasteiger partial charge in [-0.15, -0.1) is 0 Å². The fraction of sp³-hybridized carbons (Fsp3) is 0.0588. The predicted octanol–water partition coefficient (Wildman–Crippen LogP) is 14.1. The van der Waals surface area contributed by atoms with Crippen LogP contribution in [0.1, 0.15) is 25.0 Å². The van der Waals surface area contributed by atoms with Gasteiger partial charge in [-0.1, -0.05) is 178 Å². The minimum Gasteiger partial charge on any atom is -0.0622 e. The van der Waals surface area contributed by atoms with Crippen molar-refractivity contribution in [1.82, 2.24) is 0 Å². The van der Waals surface area contributed by atoms with Gasteiger partial charge in [-0.25, -0.2) is 0 Å². The summed E-state index contributed by atoms with van der Waals surface area (Å²) in [6.45, 7) is 4.71. The summed E-state index contributed by atoms with van der Waals surface area (Å²) in [5, 5.41) is 7.59. The van der Waals surface area contributed by atoms with E-state index in [0.717, 1.165) is 0 Å². The Bertz CT molecular complexity index is 2760. The van der Waals surface area contributed by atoms with Crippen molar-refractivity contribution in [2.45, 2.75) is 19.3 Å². The van der Waals surface area contributed by atoms with Crippen molar-refractivity contribution in [1.29, 1.82) is 0 Å². The molecule has 1 aliphatic carbocycles. The molecule has 0 spiro atoms. The van der Waals surface area contributed by atoms with Crippen molar-refractivity contribution in [3.63, 3.8) is 0 Å². The minimum atomic E-state index is -0.0365. The summed E-state index contributed by atoms with van der Waals surface area (Å²) in [5.41, 5.74) is 15.5. The molecule has 0 aliphatic heterocycles. The molecule has 0 nitrogen and oxygen atoms in total. The second-order valence-corrected chi connectivity index (χ2v) is 14.5. The summed E-state index contributed by atoms with van der Waals surface area (Å²) >= 11 is 0. The molecule has 0 fully saturated rings. The molecule has 0 heterocycles. The monoisotopic (exact) mass is 648 g/mol. The molecule has 0 bridgehead atoms. The SMILES string of the molecule is CC1(C)c2ccccc2-c2ccc(-c3cccc(-c4c5ccccc5c(-c5cccc6ccc(-c7ccccc7)cc56)c5ccccc45)c3)cc21. The third kappa shape index (κ3) is 4.60. The van der Waals surface area contributed by atoms with Gasteiger partial charge in [0.2, 0.25) is 0 Å². The zero-order chi connectivity index (χ0) is 34.1. The van der Waals surface area contributed by atoms with E-state index in [9.17, 15) is 0 Å². The molecule has 10 rings (SSSR count). The molecule has 0 radical (unpaired) electrons. The minimum absolute atomic E-state index is 0.0365. The second kappa shape index (κ2) is 11.4. The normalized spacial score (nSPS) is 13.1. The lowest BCUT2D eigenvalue weighted by Gasteiger charge is -2.22. The first-order chi connectivity index (χ1) is 25.1. The molecule has 0 heteroatoms. The lowest BCUT2D eigenvalue weighted by molar-refractivity contribution is 0.660. The first-order valence-corrected chi connectivity index (χ1v) is 17.9. The summed E-state index contributed by atoms with van der Waals surface area (Å²) in [4.78, 5) is 0. The van der Waals surface area contributed by atoms with Gasteiger partial charge in [0.05, 0.1) is 0 Å². The average Bonchev–Trinajstić information content (AvgIpc) is 3.42. The van der Waals surface area contributed by atoms with Crippen LogP contribution in [0.3, 0.4) is 0 Å². The molecule has 0 saturated carbocycles. The Morgan fingerprint density at radius 1 is 0.294 bits per heavy atom. The van der Waals surface area contributed by atoms with E-state index in [1.165, 1.54) is 99.1 Å². The van der Waals surface area contributed by atoms with Gasteiger partial charge >= 0.3 is 0 Å². The summed E-state index contributed by atoms with van der Waals surface area (Å²) in [6, 6.07) is 67.4. The Morgan fingerprint density at radius 2 is 0.824 bits per heavy atom. The second-order valence-electron chi connectivity index (χ2n) is 14.5. The largest absolute Gasteiger partial charge is 0.0622 e. The van der Waals surface area contributed by atoms with Crippen LogP contribution in [0.2, 0.25) is 0 Å². The Balaban J connectivity index is 1.18. The van der Waals surface area contributed by atoms with Crippen molar-refractivity contribution < 1.29 is 0 Å². The van der Waals surface area contributed by atoms with Crippen LogP contribution in [0, 0.1) is 0 Å². The van der Waals surface area contributed by atoms with Crippen LogP contribution in [0.4, 0.5) is 0 Å². The van der Waals surface area contributed by atoms with Gasteiger partial charge in [0.15, 0.2) is 0 Å². The van der Waals surface area contributed by atoms with E-state index >= 15 is 0 Å². The highest BCUT2D eigenvalue weighted by Crippen LogP contribution is 2.50. The Kier molecular flexibility index (Phi) is 6.63. The van der Waals surface area contributed by atoms with Crippen LogP contribution >= 0.6 is 0 Å². The highest BCUT2D eigenvalue weighted by molar-refractivity contribution is 6.23. The number of rotatable bonds is 4. The molecule has 0 N–H and O–H groups in total. The van der Waals surface area contributed by atoms with E-state index in [1.54, 1.807) is 0 Å². The topological polar surface area (TPSA) is 0 Å². The maximum Gasteiger partial charge on any atom is 0.0159 e. The summed E-state index contributed by atoms with van der Waals surface area (Å²) in [7, 11) is 0. The van der Waals surface area contributed by atoms with Crippen LogP contribution in [-0.2, 0) is 5.41 Å². The van der Waals surface area contributed by atoms with Gasteiger partial charge in [-0.2, -0.15) is 0 Å². The van der Waals surface area contributed by atoms with Crippen molar-refractivity contribution in [3.8, 4) is 55.6 Å². The zero-order valence-electron chi connectivity index (χ0n) is 28.8. The van der Waals surface area contributed by atoms with E-state index in [4.69, 9.17) is 0 Å². The molecule has 0 saturated heterocycles. The van der Waals surface area contributed by atoms with Crippen LogP contribution in [0.5, 0.6) is 0 Å². The van der Waals surface area contributed by atoms with Crippen molar-refractivity contribution in [2.75, 3.05) is 0 Å². The summed E-state index contributed by atoms with van der Waals surface area (Å²) < 4.78 is 0. The quantitative estimate of drug-likeness (QED) is 0.167. The predicted molar refractivity (Wildman–Crippen MR) is 218 cm³/mol. The molecular weight excluding hydrogens is 613 g/mol. The van der Waals surface area contributed by atoms with Crippen molar-refractivity contribution in [2.24, 2.45) is 0 Å². The third-order valence-electron chi connectivity index (χ3n) is 11.3. The van der Waals surface area contributed by atoms with Gasteiger partial charge in [-0.3, -0.25) is 0 Å². The number of benzene rings is 9. The maximum absolute atomic E-state index is 2.43. The summed E-state index contributed by atoms with van der Waals surface area (Å²) in [5.74, 6) is 0. The fourth-order valence-electron chi connectivity index (χ4n) is 8.77. The summed E-state index contributed by atoms with van der Waals surface area (Å²) in [6.07, 6.45) is 0. The highest BCUT2D eigenvalue weighted by atomic mass is 14.4. The molecule has 1 aliphatic rings. The third-order valence-corrected chi connectivity index (χ3v) is 11.3. The van der Waals surface area contributed by atoms with Crippen LogP contribution in [0.25, 0.3) is 88.0 Å². The van der Waals surface area contributed by atoms with E-state index < -0.39 is 0 Å². The van der Waals surface area contributed by atoms with Gasteiger partial charge < -0.3 is 0 Å². The zero-order valence-corrected chi connectivity index (χ0v) is 28.8. The van der Waals surface area contributed by atoms with Crippen molar-refractivity contribution >= 4 is 32.3 Å². The molecule has 9 aromatic rings. The molecule has 240 valence electrons. The molecule has 0 atom stereocenters. The molecule has 0 aromatic heterocycles.